The summed E-state index contributed by atoms with van der Waals surface area (Å²) in [4.78, 5) is 4.40. The fourth-order valence-corrected chi connectivity index (χ4v) is 3.46. The second kappa shape index (κ2) is 8.54. The molecule has 0 spiro atoms. The fraction of sp³-hybridized carbons (Fsp3) is 0.188. The topological polar surface area (TPSA) is 24.4 Å². The van der Waals surface area contributed by atoms with Gasteiger partial charge in [0.15, 0.2) is 0 Å². The molecule has 2 rings (SSSR count). The van der Waals surface area contributed by atoms with Crippen molar-refractivity contribution >= 4 is 58.1 Å². The highest BCUT2D eigenvalue weighted by Gasteiger charge is 2.28. The first-order valence-electron chi connectivity index (χ1n) is 6.88. The molecule has 0 aliphatic rings. The summed E-state index contributed by atoms with van der Waals surface area (Å²) in [5, 5.41) is 3.89. The molecule has 1 N–H and O–H groups in total. The summed E-state index contributed by atoms with van der Waals surface area (Å²) in [5.41, 5.74) is 1.03. The number of alkyl halides is 3. The number of thioether (sulfide) groups is 1. The van der Waals surface area contributed by atoms with Crippen LogP contribution in [0.4, 0.5) is 18.9 Å². The molecule has 9 heteroatoms. The first-order chi connectivity index (χ1) is 11.7. The molecule has 0 saturated carbocycles. The van der Waals surface area contributed by atoms with E-state index in [0.717, 1.165) is 0 Å². The van der Waals surface area contributed by atoms with Crippen molar-refractivity contribution in [1.82, 2.24) is 0 Å². The Kier molecular flexibility index (Phi) is 6.91. The Bertz CT molecular complexity index is 795. The summed E-state index contributed by atoms with van der Waals surface area (Å²) in [6, 6.07) is 9.90. The van der Waals surface area contributed by atoms with Gasteiger partial charge in [0.05, 0.1) is 26.5 Å². The van der Waals surface area contributed by atoms with Crippen molar-refractivity contribution in [3.8, 4) is 0 Å². The smallest absolute Gasteiger partial charge is 0.339 e. The number of benzene rings is 2. The lowest BCUT2D eigenvalue weighted by atomic mass is 10.2. The van der Waals surface area contributed by atoms with Gasteiger partial charge in [0.1, 0.15) is 5.84 Å². The quantitative estimate of drug-likeness (QED) is 0.330. The average molecular weight is 428 g/mol. The molecule has 0 atom stereocenters. The lowest BCUT2D eigenvalue weighted by molar-refractivity contribution is -0.105. The van der Waals surface area contributed by atoms with Crippen LogP contribution in [0, 0.1) is 0 Å². The van der Waals surface area contributed by atoms with Gasteiger partial charge in [0.2, 0.25) is 0 Å². The molecular weight excluding hydrogens is 416 g/mol. The molecular formula is C16H12Cl3F3N2S. The summed E-state index contributed by atoms with van der Waals surface area (Å²) in [5.74, 6) is -0.617. The van der Waals surface area contributed by atoms with Crippen molar-refractivity contribution in [3.63, 3.8) is 0 Å². The molecule has 25 heavy (non-hydrogen) atoms. The molecule has 0 unspecified atom stereocenters. The number of rotatable bonds is 4. The van der Waals surface area contributed by atoms with Crippen molar-refractivity contribution in [2.24, 2.45) is 4.99 Å². The Labute approximate surface area is 162 Å². The van der Waals surface area contributed by atoms with E-state index in [-0.39, 0.29) is 14.9 Å². The molecule has 0 saturated heterocycles. The second-order valence-corrected chi connectivity index (χ2v) is 7.08. The number of nitrogens with zero attached hydrogens (tertiary/aromatic N) is 1. The molecule has 0 aliphatic carbocycles. The highest BCUT2D eigenvalue weighted by Crippen LogP contribution is 2.37. The standard InChI is InChI=1S/C16H12Cl3F3N2S/c1-23-15(9-4-2-3-5-10(9)17)24-13-7-14(12(19)6-11(13)18)25-8-16(20,21)22/h2-7H,8H2,1H3,(H,23,24). The van der Waals surface area contributed by atoms with Crippen LogP contribution in [0.1, 0.15) is 5.56 Å². The van der Waals surface area contributed by atoms with Crippen molar-refractivity contribution in [3.05, 3.63) is 57.0 Å². The Morgan fingerprint density at radius 2 is 1.76 bits per heavy atom. The van der Waals surface area contributed by atoms with Crippen LogP contribution in [0.3, 0.4) is 0 Å². The van der Waals surface area contributed by atoms with Crippen LogP contribution < -0.4 is 5.32 Å². The minimum atomic E-state index is -4.30. The highest BCUT2D eigenvalue weighted by atomic mass is 35.5. The van der Waals surface area contributed by atoms with E-state index in [9.17, 15) is 13.2 Å². The van der Waals surface area contributed by atoms with Gasteiger partial charge >= 0.3 is 6.18 Å². The maximum Gasteiger partial charge on any atom is 0.398 e. The first kappa shape index (κ1) is 20.2. The number of aliphatic imine (C=N–C) groups is 1. The maximum atomic E-state index is 12.4. The van der Waals surface area contributed by atoms with Gasteiger partial charge in [-0.15, -0.1) is 11.8 Å². The van der Waals surface area contributed by atoms with Gasteiger partial charge < -0.3 is 5.32 Å². The monoisotopic (exact) mass is 426 g/mol. The van der Waals surface area contributed by atoms with E-state index in [1.54, 1.807) is 31.3 Å². The molecule has 0 amide bonds. The van der Waals surface area contributed by atoms with Crippen molar-refractivity contribution in [2.75, 3.05) is 18.1 Å². The van der Waals surface area contributed by atoms with Gasteiger partial charge in [-0.05, 0) is 24.3 Å². The minimum absolute atomic E-state index is 0.150. The molecule has 2 nitrogen and oxygen atoms in total. The predicted octanol–water partition coefficient (Wildman–Crippen LogP) is 6.79. The fourth-order valence-electron chi connectivity index (χ4n) is 1.92. The molecule has 0 heterocycles. The van der Waals surface area contributed by atoms with E-state index in [1.165, 1.54) is 12.1 Å². The summed E-state index contributed by atoms with van der Waals surface area (Å²) < 4.78 is 37.3. The van der Waals surface area contributed by atoms with Gasteiger partial charge in [0.25, 0.3) is 0 Å². The Morgan fingerprint density at radius 3 is 2.36 bits per heavy atom. The molecule has 2 aromatic rings. The third kappa shape index (κ3) is 5.71. The zero-order valence-electron chi connectivity index (χ0n) is 12.8. The van der Waals surface area contributed by atoms with Crippen LogP contribution in [0.15, 0.2) is 46.3 Å². The first-order valence-corrected chi connectivity index (χ1v) is 9.00. The largest absolute Gasteiger partial charge is 0.398 e. The zero-order chi connectivity index (χ0) is 18.6. The molecule has 0 fully saturated rings. The zero-order valence-corrected chi connectivity index (χ0v) is 15.9. The summed E-state index contributed by atoms with van der Waals surface area (Å²) in [6.45, 7) is 0. The number of amidine groups is 1. The lowest BCUT2D eigenvalue weighted by Crippen LogP contribution is -2.14. The van der Waals surface area contributed by atoms with Crippen molar-refractivity contribution in [1.29, 1.82) is 0 Å². The SMILES string of the molecule is CN=C(Nc1cc(SCC(F)(F)F)c(Cl)cc1Cl)c1ccccc1Cl. The highest BCUT2D eigenvalue weighted by molar-refractivity contribution is 7.99. The van der Waals surface area contributed by atoms with Crippen LogP contribution in [-0.4, -0.2) is 24.8 Å². The van der Waals surface area contributed by atoms with Gasteiger partial charge in [0, 0.05) is 17.5 Å². The molecule has 134 valence electrons. The van der Waals surface area contributed by atoms with Crippen LogP contribution in [-0.2, 0) is 0 Å². The van der Waals surface area contributed by atoms with Gasteiger partial charge in [-0.3, -0.25) is 4.99 Å². The average Bonchev–Trinajstić information content (AvgIpc) is 2.53. The number of hydrogen-bond donors (Lipinski definition) is 1. The number of hydrogen-bond acceptors (Lipinski definition) is 2. The Balaban J connectivity index is 2.31. The minimum Gasteiger partial charge on any atom is -0.339 e. The molecule has 0 radical (unpaired) electrons. The summed E-state index contributed by atoms with van der Waals surface area (Å²) >= 11 is 18.9. The number of halogens is 6. The summed E-state index contributed by atoms with van der Waals surface area (Å²) in [7, 11) is 1.56. The molecule has 2 aromatic carbocycles. The van der Waals surface area contributed by atoms with Crippen LogP contribution in [0.25, 0.3) is 0 Å². The van der Waals surface area contributed by atoms with E-state index in [0.29, 0.717) is 33.9 Å². The van der Waals surface area contributed by atoms with Crippen molar-refractivity contribution < 1.29 is 13.2 Å². The number of nitrogens with one attached hydrogen (secondary N) is 1. The maximum absolute atomic E-state index is 12.4. The predicted molar refractivity (Wildman–Crippen MR) is 101 cm³/mol. The van der Waals surface area contributed by atoms with Crippen LogP contribution >= 0.6 is 46.6 Å². The Morgan fingerprint density at radius 1 is 1.08 bits per heavy atom. The van der Waals surface area contributed by atoms with Crippen LogP contribution in [0.2, 0.25) is 15.1 Å². The molecule has 0 aliphatic heterocycles. The normalized spacial score (nSPS) is 12.4. The van der Waals surface area contributed by atoms with E-state index >= 15 is 0 Å². The molecule has 0 bridgehead atoms. The van der Waals surface area contributed by atoms with Gasteiger partial charge in [-0.1, -0.05) is 46.9 Å². The van der Waals surface area contributed by atoms with E-state index in [4.69, 9.17) is 34.8 Å². The van der Waals surface area contributed by atoms with Crippen molar-refractivity contribution in [2.45, 2.75) is 11.1 Å². The Hall–Kier alpha value is -1.08. The summed E-state index contributed by atoms with van der Waals surface area (Å²) in [6.07, 6.45) is -4.30. The van der Waals surface area contributed by atoms with Crippen LogP contribution in [0.5, 0.6) is 0 Å². The number of anilines is 1. The second-order valence-electron chi connectivity index (χ2n) is 4.84. The van der Waals surface area contributed by atoms with E-state index < -0.39 is 11.9 Å². The third-order valence-corrected chi connectivity index (χ3v) is 5.21. The van der Waals surface area contributed by atoms with Gasteiger partial charge in [-0.25, -0.2) is 0 Å². The van der Waals surface area contributed by atoms with Gasteiger partial charge in [-0.2, -0.15) is 13.2 Å². The van der Waals surface area contributed by atoms with E-state index in [2.05, 4.69) is 10.3 Å². The lowest BCUT2D eigenvalue weighted by Gasteiger charge is -2.15. The third-order valence-electron chi connectivity index (χ3n) is 3.02. The molecule has 0 aromatic heterocycles. The van der Waals surface area contributed by atoms with E-state index in [1.807, 2.05) is 0 Å².